The van der Waals surface area contributed by atoms with Gasteiger partial charge in [0.2, 0.25) is 0 Å². The lowest BCUT2D eigenvalue weighted by molar-refractivity contribution is 0.0952. The van der Waals surface area contributed by atoms with Gasteiger partial charge in [-0.2, -0.15) is 0 Å². The fourth-order valence-corrected chi connectivity index (χ4v) is 2.12. The third-order valence-electron chi connectivity index (χ3n) is 2.54. The number of hydrogen-bond acceptors (Lipinski definition) is 1. The molecule has 1 heterocycles. The zero-order chi connectivity index (χ0) is 9.10. The molecule has 13 heavy (non-hydrogen) atoms. The van der Waals surface area contributed by atoms with Crippen LogP contribution < -0.4 is 0 Å². The number of rotatable bonds is 2. The average molecular weight is 197 g/mol. The van der Waals surface area contributed by atoms with E-state index in [9.17, 15) is 0 Å². The van der Waals surface area contributed by atoms with Crippen LogP contribution in [0.2, 0.25) is 0 Å². The van der Waals surface area contributed by atoms with Crippen LogP contribution in [-0.4, -0.2) is 12.5 Å². The van der Waals surface area contributed by atoms with Gasteiger partial charge >= 0.3 is 0 Å². The standard InChI is InChI=1S/C11H13ClO/c12-8-10-6-7-13-11(10)9-4-2-1-3-5-9/h1-5,10-11H,6-8H2. The number of hydrogen-bond donors (Lipinski definition) is 0. The van der Waals surface area contributed by atoms with Gasteiger partial charge in [-0.25, -0.2) is 0 Å². The maximum Gasteiger partial charge on any atom is 0.0865 e. The minimum Gasteiger partial charge on any atom is -0.373 e. The predicted octanol–water partition coefficient (Wildman–Crippen LogP) is 3.00. The summed E-state index contributed by atoms with van der Waals surface area (Å²) in [5.74, 6) is 1.18. The Balaban J connectivity index is 2.16. The monoisotopic (exact) mass is 196 g/mol. The zero-order valence-corrected chi connectivity index (χ0v) is 8.20. The predicted molar refractivity (Wildman–Crippen MR) is 54.0 cm³/mol. The SMILES string of the molecule is ClCC1CCOC1c1ccccc1. The second-order valence-corrected chi connectivity index (χ2v) is 3.71. The Bertz CT molecular complexity index is 260. The van der Waals surface area contributed by atoms with E-state index in [-0.39, 0.29) is 6.10 Å². The maximum atomic E-state index is 5.87. The van der Waals surface area contributed by atoms with Crippen LogP contribution in [0.4, 0.5) is 0 Å². The van der Waals surface area contributed by atoms with Gasteiger partial charge in [-0.3, -0.25) is 0 Å². The van der Waals surface area contributed by atoms with E-state index >= 15 is 0 Å². The van der Waals surface area contributed by atoms with Crippen molar-refractivity contribution >= 4 is 11.6 Å². The summed E-state index contributed by atoms with van der Waals surface area (Å²) in [7, 11) is 0. The van der Waals surface area contributed by atoms with Crippen molar-refractivity contribution in [1.29, 1.82) is 0 Å². The second kappa shape index (κ2) is 4.12. The van der Waals surface area contributed by atoms with Crippen molar-refractivity contribution < 1.29 is 4.74 Å². The largest absolute Gasteiger partial charge is 0.373 e. The van der Waals surface area contributed by atoms with Crippen molar-refractivity contribution in [1.82, 2.24) is 0 Å². The van der Waals surface area contributed by atoms with Crippen LogP contribution in [0.3, 0.4) is 0 Å². The number of halogens is 1. The normalized spacial score (nSPS) is 27.8. The van der Waals surface area contributed by atoms with E-state index in [0.717, 1.165) is 13.0 Å². The topological polar surface area (TPSA) is 9.23 Å². The van der Waals surface area contributed by atoms with Crippen LogP contribution >= 0.6 is 11.6 Å². The van der Waals surface area contributed by atoms with Crippen LogP contribution in [0.25, 0.3) is 0 Å². The molecule has 70 valence electrons. The molecule has 2 rings (SSSR count). The molecule has 0 amide bonds. The molecular formula is C11H13ClO. The van der Waals surface area contributed by atoms with E-state index in [1.807, 2.05) is 18.2 Å². The quantitative estimate of drug-likeness (QED) is 0.661. The summed E-state index contributed by atoms with van der Waals surface area (Å²) < 4.78 is 5.66. The van der Waals surface area contributed by atoms with Crippen LogP contribution in [0.15, 0.2) is 30.3 Å². The Hall–Kier alpha value is -0.530. The summed E-state index contributed by atoms with van der Waals surface area (Å²) in [4.78, 5) is 0. The summed E-state index contributed by atoms with van der Waals surface area (Å²) in [6.45, 7) is 0.844. The fraction of sp³-hybridized carbons (Fsp3) is 0.455. The van der Waals surface area contributed by atoms with E-state index in [0.29, 0.717) is 11.8 Å². The van der Waals surface area contributed by atoms with E-state index in [4.69, 9.17) is 16.3 Å². The molecule has 0 bridgehead atoms. The molecule has 0 N–H and O–H groups in total. The van der Waals surface area contributed by atoms with Crippen molar-refractivity contribution in [2.24, 2.45) is 5.92 Å². The highest BCUT2D eigenvalue weighted by atomic mass is 35.5. The minimum atomic E-state index is 0.221. The fourth-order valence-electron chi connectivity index (χ4n) is 1.80. The Morgan fingerprint density at radius 1 is 1.31 bits per heavy atom. The van der Waals surface area contributed by atoms with Gasteiger partial charge in [0.05, 0.1) is 6.10 Å². The van der Waals surface area contributed by atoms with Gasteiger partial charge in [0.1, 0.15) is 0 Å². The molecule has 1 aliphatic heterocycles. The molecular weight excluding hydrogens is 184 g/mol. The summed E-state index contributed by atoms with van der Waals surface area (Å²) in [5.41, 5.74) is 1.26. The van der Waals surface area contributed by atoms with E-state index in [1.54, 1.807) is 0 Å². The first-order chi connectivity index (χ1) is 6.42. The lowest BCUT2D eigenvalue weighted by Crippen LogP contribution is -2.08. The molecule has 0 aromatic heterocycles. The van der Waals surface area contributed by atoms with E-state index < -0.39 is 0 Å². The molecule has 1 aliphatic rings. The molecule has 0 saturated carbocycles. The van der Waals surface area contributed by atoms with Crippen molar-refractivity contribution in [3.63, 3.8) is 0 Å². The smallest absolute Gasteiger partial charge is 0.0865 e. The maximum absolute atomic E-state index is 5.87. The first kappa shape index (κ1) is 9.04. The van der Waals surface area contributed by atoms with Crippen LogP contribution in [0.5, 0.6) is 0 Å². The van der Waals surface area contributed by atoms with E-state index in [2.05, 4.69) is 12.1 Å². The van der Waals surface area contributed by atoms with Gasteiger partial charge in [-0.15, -0.1) is 11.6 Å². The highest BCUT2D eigenvalue weighted by molar-refractivity contribution is 6.18. The lowest BCUT2D eigenvalue weighted by Gasteiger charge is -2.15. The number of benzene rings is 1. The number of ether oxygens (including phenoxy) is 1. The average Bonchev–Trinajstić information content (AvgIpc) is 2.67. The van der Waals surface area contributed by atoms with E-state index in [1.165, 1.54) is 5.56 Å². The van der Waals surface area contributed by atoms with Gasteiger partial charge < -0.3 is 4.74 Å². The van der Waals surface area contributed by atoms with Crippen LogP contribution in [0, 0.1) is 5.92 Å². The first-order valence-electron chi connectivity index (χ1n) is 4.64. The number of alkyl halides is 1. The highest BCUT2D eigenvalue weighted by Crippen LogP contribution is 2.34. The minimum absolute atomic E-state index is 0.221. The third kappa shape index (κ3) is 1.87. The molecule has 0 aliphatic carbocycles. The van der Waals surface area contributed by atoms with Crippen LogP contribution in [-0.2, 0) is 4.74 Å². The molecule has 1 nitrogen and oxygen atoms in total. The Labute approximate surface area is 83.7 Å². The Morgan fingerprint density at radius 3 is 2.77 bits per heavy atom. The Morgan fingerprint density at radius 2 is 2.08 bits per heavy atom. The van der Waals surface area contributed by atoms with Gasteiger partial charge in [-0.05, 0) is 12.0 Å². The van der Waals surface area contributed by atoms with Gasteiger partial charge in [0.25, 0.3) is 0 Å². The van der Waals surface area contributed by atoms with Gasteiger partial charge in [-0.1, -0.05) is 30.3 Å². The molecule has 0 radical (unpaired) electrons. The lowest BCUT2D eigenvalue weighted by atomic mass is 9.97. The van der Waals surface area contributed by atoms with Crippen molar-refractivity contribution in [3.8, 4) is 0 Å². The summed E-state index contributed by atoms with van der Waals surface area (Å²) in [5, 5.41) is 0. The summed E-state index contributed by atoms with van der Waals surface area (Å²) in [6, 6.07) is 10.3. The molecule has 2 heteroatoms. The third-order valence-corrected chi connectivity index (χ3v) is 2.94. The molecule has 2 unspecified atom stereocenters. The zero-order valence-electron chi connectivity index (χ0n) is 7.45. The van der Waals surface area contributed by atoms with Crippen LogP contribution in [0.1, 0.15) is 18.1 Å². The second-order valence-electron chi connectivity index (χ2n) is 3.41. The molecule has 1 fully saturated rings. The summed E-state index contributed by atoms with van der Waals surface area (Å²) >= 11 is 5.87. The molecule has 1 aromatic carbocycles. The molecule has 1 aromatic rings. The summed E-state index contributed by atoms with van der Waals surface area (Å²) in [6.07, 6.45) is 1.31. The molecule has 0 spiro atoms. The van der Waals surface area contributed by atoms with Crippen molar-refractivity contribution in [2.75, 3.05) is 12.5 Å². The Kier molecular flexibility index (Phi) is 2.87. The molecule has 1 saturated heterocycles. The van der Waals surface area contributed by atoms with Gasteiger partial charge in [0, 0.05) is 18.4 Å². The van der Waals surface area contributed by atoms with Crippen molar-refractivity contribution in [3.05, 3.63) is 35.9 Å². The van der Waals surface area contributed by atoms with Crippen molar-refractivity contribution in [2.45, 2.75) is 12.5 Å². The molecule has 2 atom stereocenters. The first-order valence-corrected chi connectivity index (χ1v) is 5.18. The van der Waals surface area contributed by atoms with Gasteiger partial charge in [0.15, 0.2) is 0 Å². The highest BCUT2D eigenvalue weighted by Gasteiger charge is 2.28.